The fourth-order valence-electron chi connectivity index (χ4n) is 0.0781. The van der Waals surface area contributed by atoms with E-state index in [0.29, 0.717) is 0 Å². The van der Waals surface area contributed by atoms with Gasteiger partial charge in [0.15, 0.2) is 0 Å². The summed E-state index contributed by atoms with van der Waals surface area (Å²) in [5.41, 5.74) is 4.94. The Morgan fingerprint density at radius 1 is 1.67 bits per heavy atom. The number of nitrogens with two attached hydrogens (primary N) is 2. The highest BCUT2D eigenvalue weighted by molar-refractivity contribution is 7.80. The van der Waals surface area contributed by atoms with Crippen LogP contribution in [0.5, 0.6) is 0 Å². The maximum Gasteiger partial charge on any atom is 0.321 e. The summed E-state index contributed by atoms with van der Waals surface area (Å²) in [5, 5.41) is 12.2. The Balaban J connectivity index is 0. The zero-order chi connectivity index (χ0) is 7.86. The summed E-state index contributed by atoms with van der Waals surface area (Å²) >= 11 is 6.68. The Bertz CT molecular complexity index is 80.2. The predicted octanol–water partition coefficient (Wildman–Crippen LogP) is -0.882. The SMILES string of the molecule is NS.N[C@@H](CS)C(=O)O. The lowest BCUT2D eigenvalue weighted by Crippen LogP contribution is -2.31. The molecule has 5 N–H and O–H groups in total. The summed E-state index contributed by atoms with van der Waals surface area (Å²) in [6.07, 6.45) is 0. The Morgan fingerprint density at radius 3 is 2.00 bits per heavy atom. The molecule has 0 aliphatic carbocycles. The highest BCUT2D eigenvalue weighted by Gasteiger charge is 2.06. The first-order valence-electron chi connectivity index (χ1n) is 2.03. The van der Waals surface area contributed by atoms with Crippen molar-refractivity contribution >= 4 is 31.4 Å². The van der Waals surface area contributed by atoms with Gasteiger partial charge in [-0.15, -0.1) is 12.8 Å². The predicted molar refractivity (Wildman–Crippen MR) is 42.6 cm³/mol. The molecule has 0 spiro atoms. The molecule has 0 fully saturated rings. The number of rotatable bonds is 2. The quantitative estimate of drug-likeness (QED) is 0.348. The molecular formula is C3H10N2O2S2. The minimum Gasteiger partial charge on any atom is -0.480 e. The van der Waals surface area contributed by atoms with Crippen LogP contribution in [0.4, 0.5) is 0 Å². The summed E-state index contributed by atoms with van der Waals surface area (Å²) in [4.78, 5) is 9.76. The Kier molecular flexibility index (Phi) is 10.6. The lowest BCUT2D eigenvalue weighted by atomic mass is 10.4. The second kappa shape index (κ2) is 8.09. The van der Waals surface area contributed by atoms with E-state index in [1.54, 1.807) is 0 Å². The normalized spacial score (nSPS) is 11.1. The molecule has 0 bridgehead atoms. The number of carboxylic acids is 1. The molecule has 9 heavy (non-hydrogen) atoms. The van der Waals surface area contributed by atoms with Crippen molar-refractivity contribution in [2.45, 2.75) is 6.04 Å². The minimum absolute atomic E-state index is 0.190. The molecule has 0 aromatic carbocycles. The van der Waals surface area contributed by atoms with E-state index in [4.69, 9.17) is 10.8 Å². The summed E-state index contributed by atoms with van der Waals surface area (Å²) in [7, 11) is 0. The third-order valence-corrected chi connectivity index (χ3v) is 0.907. The molecule has 0 aliphatic rings. The largest absolute Gasteiger partial charge is 0.480 e. The topological polar surface area (TPSA) is 89.3 Å². The van der Waals surface area contributed by atoms with Crippen LogP contribution < -0.4 is 10.9 Å². The molecule has 0 aliphatic heterocycles. The average Bonchev–Trinajstić information content (AvgIpc) is 1.91. The van der Waals surface area contributed by atoms with Crippen LogP contribution in [-0.4, -0.2) is 22.9 Å². The zero-order valence-electron chi connectivity index (χ0n) is 4.69. The first kappa shape index (κ1) is 11.8. The lowest BCUT2D eigenvalue weighted by molar-refractivity contribution is -0.137. The standard InChI is InChI=1S/C3H7NO2S.H3NS/c4-2(1-7)3(5)6;1-2/h2,7H,1,4H2,(H,5,6);2H,1H2/t2-;/m0./s1. The number of carboxylic acid groups (broad SMARTS) is 1. The van der Waals surface area contributed by atoms with E-state index in [-0.39, 0.29) is 5.75 Å². The molecule has 0 unspecified atom stereocenters. The highest BCUT2D eigenvalue weighted by Crippen LogP contribution is 1.80. The van der Waals surface area contributed by atoms with Gasteiger partial charge in [-0.2, -0.15) is 12.6 Å². The van der Waals surface area contributed by atoms with Crippen molar-refractivity contribution in [3.05, 3.63) is 0 Å². The van der Waals surface area contributed by atoms with Crippen molar-refractivity contribution in [2.75, 3.05) is 5.75 Å². The van der Waals surface area contributed by atoms with Gasteiger partial charge in [0.1, 0.15) is 6.04 Å². The van der Waals surface area contributed by atoms with Crippen molar-refractivity contribution in [1.29, 1.82) is 0 Å². The van der Waals surface area contributed by atoms with Gasteiger partial charge in [-0.05, 0) is 0 Å². The van der Waals surface area contributed by atoms with Gasteiger partial charge in [0.05, 0.1) is 0 Å². The molecule has 0 aromatic rings. The molecule has 0 saturated heterocycles. The Labute approximate surface area is 64.6 Å². The molecule has 0 heterocycles. The van der Waals surface area contributed by atoms with Crippen LogP contribution in [-0.2, 0) is 4.79 Å². The third kappa shape index (κ3) is 8.09. The van der Waals surface area contributed by atoms with Gasteiger partial charge in [0.2, 0.25) is 0 Å². The van der Waals surface area contributed by atoms with E-state index < -0.39 is 12.0 Å². The number of hydrogen-bond donors (Lipinski definition) is 5. The summed E-state index contributed by atoms with van der Waals surface area (Å²) in [6, 6.07) is -0.816. The van der Waals surface area contributed by atoms with E-state index in [2.05, 4.69) is 30.6 Å². The molecule has 4 nitrogen and oxygen atoms in total. The van der Waals surface area contributed by atoms with Gasteiger partial charge in [0.25, 0.3) is 0 Å². The monoisotopic (exact) mass is 170 g/mol. The van der Waals surface area contributed by atoms with Gasteiger partial charge >= 0.3 is 5.97 Å². The first-order valence-corrected chi connectivity index (χ1v) is 3.18. The number of thiol groups is 2. The molecule has 0 aromatic heterocycles. The first-order chi connectivity index (χ1) is 4.18. The fourth-order valence-corrected chi connectivity index (χ4v) is 0.234. The number of aliphatic carboxylic acids is 1. The lowest BCUT2D eigenvalue weighted by Gasteiger charge is -1.96. The van der Waals surface area contributed by atoms with Crippen molar-refractivity contribution in [2.24, 2.45) is 10.9 Å². The molecule has 0 radical (unpaired) electrons. The molecule has 0 saturated carbocycles. The fraction of sp³-hybridized carbons (Fsp3) is 0.667. The third-order valence-electron chi connectivity index (χ3n) is 0.514. The van der Waals surface area contributed by atoms with Crippen LogP contribution in [0.3, 0.4) is 0 Å². The van der Waals surface area contributed by atoms with Crippen molar-refractivity contribution in [3.63, 3.8) is 0 Å². The minimum atomic E-state index is -1.00. The van der Waals surface area contributed by atoms with Crippen molar-refractivity contribution < 1.29 is 9.90 Å². The van der Waals surface area contributed by atoms with Gasteiger partial charge < -0.3 is 10.8 Å². The summed E-state index contributed by atoms with van der Waals surface area (Å²) < 4.78 is 0. The molecule has 56 valence electrons. The van der Waals surface area contributed by atoms with Gasteiger partial charge in [-0.25, -0.2) is 0 Å². The van der Waals surface area contributed by atoms with Crippen LogP contribution in [0.25, 0.3) is 0 Å². The molecule has 0 amide bonds. The maximum absolute atomic E-state index is 9.76. The molecule has 1 atom stereocenters. The average molecular weight is 170 g/mol. The summed E-state index contributed by atoms with van der Waals surface area (Å²) in [6.45, 7) is 0. The second-order valence-corrected chi connectivity index (χ2v) is 1.49. The summed E-state index contributed by atoms with van der Waals surface area (Å²) in [5.74, 6) is -0.815. The van der Waals surface area contributed by atoms with E-state index in [9.17, 15) is 4.79 Å². The Hall–Kier alpha value is 0.0900. The van der Waals surface area contributed by atoms with Gasteiger partial charge in [-0.3, -0.25) is 9.93 Å². The zero-order valence-corrected chi connectivity index (χ0v) is 6.48. The van der Waals surface area contributed by atoms with Crippen molar-refractivity contribution in [3.8, 4) is 0 Å². The van der Waals surface area contributed by atoms with Crippen LogP contribution in [0.15, 0.2) is 0 Å². The smallest absolute Gasteiger partial charge is 0.321 e. The molecule has 0 rings (SSSR count). The van der Waals surface area contributed by atoms with E-state index >= 15 is 0 Å². The highest BCUT2D eigenvalue weighted by atomic mass is 32.1. The van der Waals surface area contributed by atoms with E-state index in [1.807, 2.05) is 0 Å². The van der Waals surface area contributed by atoms with Crippen LogP contribution >= 0.6 is 25.4 Å². The van der Waals surface area contributed by atoms with Crippen molar-refractivity contribution in [1.82, 2.24) is 0 Å². The van der Waals surface area contributed by atoms with Crippen LogP contribution in [0.1, 0.15) is 0 Å². The van der Waals surface area contributed by atoms with E-state index in [0.717, 1.165) is 0 Å². The molecular weight excluding hydrogens is 160 g/mol. The van der Waals surface area contributed by atoms with Crippen LogP contribution in [0, 0.1) is 0 Å². The van der Waals surface area contributed by atoms with Gasteiger partial charge in [0, 0.05) is 5.75 Å². The Morgan fingerprint density at radius 2 is 2.00 bits per heavy atom. The number of carbonyl (C=O) groups is 1. The second-order valence-electron chi connectivity index (χ2n) is 1.13. The van der Waals surface area contributed by atoms with Gasteiger partial charge in [-0.1, -0.05) is 0 Å². The molecule has 6 heteroatoms. The van der Waals surface area contributed by atoms with Crippen LogP contribution in [0.2, 0.25) is 0 Å². The number of hydrogen-bond acceptors (Lipinski definition) is 5. The van der Waals surface area contributed by atoms with E-state index in [1.165, 1.54) is 0 Å². The maximum atomic E-state index is 9.76.